The number of rotatable bonds is 7. The zero-order valence-electron chi connectivity index (χ0n) is 12.7. The molecule has 0 saturated carbocycles. The summed E-state index contributed by atoms with van der Waals surface area (Å²) in [6.07, 6.45) is 0.827. The van der Waals surface area contributed by atoms with Gasteiger partial charge < -0.3 is 16.4 Å². The van der Waals surface area contributed by atoms with Gasteiger partial charge in [0, 0.05) is 13.1 Å². The number of nitrogens with two attached hydrogens (primary N) is 1. The van der Waals surface area contributed by atoms with Crippen LogP contribution in [0, 0.1) is 5.92 Å². The molecule has 0 fully saturated rings. The second-order valence-corrected chi connectivity index (χ2v) is 5.23. The van der Waals surface area contributed by atoms with Crippen molar-refractivity contribution in [2.75, 3.05) is 24.1 Å². The van der Waals surface area contributed by atoms with Crippen LogP contribution < -0.4 is 27.6 Å². The van der Waals surface area contributed by atoms with Crippen molar-refractivity contribution < 1.29 is 4.79 Å². The first-order valence-corrected chi connectivity index (χ1v) is 7.00. The van der Waals surface area contributed by atoms with Crippen molar-refractivity contribution >= 4 is 17.4 Å². The number of hydrogen-bond donors (Lipinski definition) is 4. The minimum absolute atomic E-state index is 0.0424. The fourth-order valence-electron chi connectivity index (χ4n) is 1.80. The van der Waals surface area contributed by atoms with Crippen molar-refractivity contribution in [2.45, 2.75) is 33.7 Å². The molecule has 0 aliphatic carbocycles. The lowest BCUT2D eigenvalue weighted by molar-refractivity contribution is -0.119. The van der Waals surface area contributed by atoms with E-state index in [0.717, 1.165) is 6.42 Å². The molecular formula is C13H23N5O3. The summed E-state index contributed by atoms with van der Waals surface area (Å²) in [6.45, 7) is 6.69. The first kappa shape index (κ1) is 16.8. The van der Waals surface area contributed by atoms with Crippen LogP contribution in [0.25, 0.3) is 0 Å². The molecule has 1 amide bonds. The Bertz CT molecular complexity index is 603. The Kier molecular flexibility index (Phi) is 6.01. The van der Waals surface area contributed by atoms with Crippen LogP contribution >= 0.6 is 0 Å². The van der Waals surface area contributed by atoms with Gasteiger partial charge in [0.25, 0.3) is 5.56 Å². The Morgan fingerprint density at radius 1 is 1.38 bits per heavy atom. The molecule has 0 saturated heterocycles. The number of hydrogen-bond acceptors (Lipinski definition) is 5. The monoisotopic (exact) mass is 297 g/mol. The Morgan fingerprint density at radius 3 is 2.62 bits per heavy atom. The number of nitrogens with zero attached hydrogens (tertiary/aromatic N) is 1. The summed E-state index contributed by atoms with van der Waals surface area (Å²) in [6, 6.07) is 0. The van der Waals surface area contributed by atoms with Crippen LogP contribution in [0.2, 0.25) is 0 Å². The van der Waals surface area contributed by atoms with Crippen LogP contribution in [-0.4, -0.2) is 28.5 Å². The van der Waals surface area contributed by atoms with Crippen molar-refractivity contribution in [2.24, 2.45) is 5.92 Å². The summed E-state index contributed by atoms with van der Waals surface area (Å²) >= 11 is 0. The number of H-pyrrole nitrogens is 1. The molecule has 0 spiro atoms. The molecule has 0 bridgehead atoms. The number of nitrogens with one attached hydrogen (secondary N) is 3. The van der Waals surface area contributed by atoms with Gasteiger partial charge in [-0.1, -0.05) is 20.8 Å². The zero-order chi connectivity index (χ0) is 16.0. The summed E-state index contributed by atoms with van der Waals surface area (Å²) < 4.78 is 1.29. The van der Waals surface area contributed by atoms with E-state index in [-0.39, 0.29) is 29.9 Å². The van der Waals surface area contributed by atoms with Gasteiger partial charge in [-0.05, 0) is 12.3 Å². The molecule has 1 heterocycles. The number of nitrogen functional groups attached to an aromatic ring is 1. The van der Waals surface area contributed by atoms with Gasteiger partial charge in [0.1, 0.15) is 11.5 Å². The van der Waals surface area contributed by atoms with E-state index >= 15 is 0 Å². The molecule has 0 unspecified atom stereocenters. The summed E-state index contributed by atoms with van der Waals surface area (Å²) in [5.41, 5.74) is 4.74. The van der Waals surface area contributed by atoms with Gasteiger partial charge in [-0.15, -0.1) is 0 Å². The molecule has 1 aromatic heterocycles. The molecule has 8 nitrogen and oxygen atoms in total. The standard InChI is InChI=1S/C13H23N5O3/c1-4-5-15-9(19)6-16-10-11(14)18(7-8(2)3)13(21)17-12(10)20/h8,16H,4-7,14H2,1-3H3,(H,15,19)(H,17,20,21). The van der Waals surface area contributed by atoms with Gasteiger partial charge in [0.2, 0.25) is 5.91 Å². The molecule has 0 atom stereocenters. The second kappa shape index (κ2) is 7.51. The number of carbonyl (C=O) groups excluding carboxylic acids is 1. The average molecular weight is 297 g/mol. The Balaban J connectivity index is 2.94. The minimum Gasteiger partial charge on any atom is -0.383 e. The Labute approximate surface area is 122 Å². The molecular weight excluding hydrogens is 274 g/mol. The highest BCUT2D eigenvalue weighted by Gasteiger charge is 2.13. The van der Waals surface area contributed by atoms with Crippen LogP contribution in [0.5, 0.6) is 0 Å². The summed E-state index contributed by atoms with van der Waals surface area (Å²) in [5.74, 6) is -0.00499. The van der Waals surface area contributed by atoms with E-state index in [4.69, 9.17) is 5.73 Å². The van der Waals surface area contributed by atoms with E-state index < -0.39 is 11.2 Å². The highest BCUT2D eigenvalue weighted by molar-refractivity contribution is 5.81. The number of amides is 1. The van der Waals surface area contributed by atoms with Crippen LogP contribution in [-0.2, 0) is 11.3 Å². The highest BCUT2D eigenvalue weighted by atomic mass is 16.2. The number of aromatic nitrogens is 2. The maximum absolute atomic E-state index is 11.8. The molecule has 0 radical (unpaired) electrons. The lowest BCUT2D eigenvalue weighted by Gasteiger charge is -2.15. The maximum Gasteiger partial charge on any atom is 0.330 e. The molecule has 0 aliphatic heterocycles. The van der Waals surface area contributed by atoms with Gasteiger partial charge >= 0.3 is 5.69 Å². The third-order valence-electron chi connectivity index (χ3n) is 2.79. The van der Waals surface area contributed by atoms with Gasteiger partial charge in [0.05, 0.1) is 6.54 Å². The van der Waals surface area contributed by atoms with Crippen LogP contribution in [0.3, 0.4) is 0 Å². The zero-order valence-corrected chi connectivity index (χ0v) is 12.7. The maximum atomic E-state index is 11.8. The van der Waals surface area contributed by atoms with E-state index in [0.29, 0.717) is 13.1 Å². The smallest absolute Gasteiger partial charge is 0.330 e. The molecule has 118 valence electrons. The van der Waals surface area contributed by atoms with Gasteiger partial charge in [-0.25, -0.2) is 4.79 Å². The summed E-state index contributed by atoms with van der Waals surface area (Å²) in [4.78, 5) is 37.3. The molecule has 21 heavy (non-hydrogen) atoms. The predicted molar refractivity (Wildman–Crippen MR) is 82.4 cm³/mol. The van der Waals surface area contributed by atoms with Gasteiger partial charge in [-0.3, -0.25) is 19.1 Å². The second-order valence-electron chi connectivity index (χ2n) is 5.23. The predicted octanol–water partition coefficient (Wildman–Crippen LogP) is -0.287. The van der Waals surface area contributed by atoms with Crippen molar-refractivity contribution in [3.63, 3.8) is 0 Å². The number of anilines is 2. The van der Waals surface area contributed by atoms with E-state index in [2.05, 4.69) is 15.6 Å². The minimum atomic E-state index is -0.624. The summed E-state index contributed by atoms with van der Waals surface area (Å²) in [5, 5.41) is 5.37. The number of carbonyl (C=O) groups is 1. The Morgan fingerprint density at radius 2 is 2.05 bits per heavy atom. The van der Waals surface area contributed by atoms with Crippen LogP contribution in [0.15, 0.2) is 9.59 Å². The van der Waals surface area contributed by atoms with Gasteiger partial charge in [-0.2, -0.15) is 0 Å². The fraction of sp³-hybridized carbons (Fsp3) is 0.615. The highest BCUT2D eigenvalue weighted by Crippen LogP contribution is 2.11. The third-order valence-corrected chi connectivity index (χ3v) is 2.79. The lowest BCUT2D eigenvalue weighted by Crippen LogP contribution is -2.37. The Hall–Kier alpha value is -2.25. The normalized spacial score (nSPS) is 10.7. The van der Waals surface area contributed by atoms with Crippen molar-refractivity contribution in [3.8, 4) is 0 Å². The van der Waals surface area contributed by atoms with Crippen molar-refractivity contribution in [3.05, 3.63) is 20.8 Å². The van der Waals surface area contributed by atoms with Gasteiger partial charge in [0.15, 0.2) is 0 Å². The lowest BCUT2D eigenvalue weighted by atomic mass is 10.2. The van der Waals surface area contributed by atoms with E-state index in [1.807, 2.05) is 20.8 Å². The number of aromatic amines is 1. The first-order valence-electron chi connectivity index (χ1n) is 7.00. The molecule has 5 N–H and O–H groups in total. The molecule has 0 aromatic carbocycles. The van der Waals surface area contributed by atoms with Crippen molar-refractivity contribution in [1.29, 1.82) is 0 Å². The average Bonchev–Trinajstić information content (AvgIpc) is 2.40. The van der Waals surface area contributed by atoms with E-state index in [1.165, 1.54) is 4.57 Å². The topological polar surface area (TPSA) is 122 Å². The molecule has 8 heteroatoms. The summed E-state index contributed by atoms with van der Waals surface area (Å²) in [7, 11) is 0. The fourth-order valence-corrected chi connectivity index (χ4v) is 1.80. The SMILES string of the molecule is CCCNC(=O)CNc1c(N)n(CC(C)C)c(=O)[nH]c1=O. The quantitative estimate of drug-likeness (QED) is 0.551. The first-order chi connectivity index (χ1) is 9.86. The van der Waals surface area contributed by atoms with Crippen LogP contribution in [0.1, 0.15) is 27.2 Å². The molecule has 1 rings (SSSR count). The van der Waals surface area contributed by atoms with E-state index in [1.54, 1.807) is 0 Å². The van der Waals surface area contributed by atoms with Crippen molar-refractivity contribution in [1.82, 2.24) is 14.9 Å². The molecule has 0 aliphatic rings. The third kappa shape index (κ3) is 4.66. The van der Waals surface area contributed by atoms with E-state index in [9.17, 15) is 14.4 Å². The van der Waals surface area contributed by atoms with Crippen LogP contribution in [0.4, 0.5) is 11.5 Å². The molecule has 1 aromatic rings. The largest absolute Gasteiger partial charge is 0.383 e.